The van der Waals surface area contributed by atoms with Crippen LogP contribution in [0.1, 0.15) is 5.56 Å². The van der Waals surface area contributed by atoms with Gasteiger partial charge in [0.15, 0.2) is 0 Å². The highest BCUT2D eigenvalue weighted by Crippen LogP contribution is 2.19. The molecular weight excluding hydrogens is 258 g/mol. The highest BCUT2D eigenvalue weighted by molar-refractivity contribution is 7.01. The Kier molecular flexibility index (Phi) is 3.06. The molecule has 3 aromatic rings. The van der Waals surface area contributed by atoms with Crippen molar-refractivity contribution in [3.63, 3.8) is 0 Å². The van der Waals surface area contributed by atoms with E-state index < -0.39 is 8.07 Å². The van der Waals surface area contributed by atoms with Gasteiger partial charge in [-0.15, -0.1) is 0 Å². The molecule has 0 saturated carbocycles. The van der Waals surface area contributed by atoms with Crippen molar-refractivity contribution in [3.05, 3.63) is 60.3 Å². The molecule has 20 heavy (non-hydrogen) atoms. The molecule has 0 N–H and O–H groups in total. The van der Waals surface area contributed by atoms with Crippen molar-refractivity contribution >= 4 is 29.4 Å². The summed E-state index contributed by atoms with van der Waals surface area (Å²) in [7, 11) is 0.507. The third-order valence-corrected chi connectivity index (χ3v) is 7.84. The van der Waals surface area contributed by atoms with E-state index in [2.05, 4.69) is 86.4 Å². The van der Waals surface area contributed by atoms with E-state index in [4.69, 9.17) is 0 Å². The molecule has 0 fully saturated rings. The van der Waals surface area contributed by atoms with Crippen molar-refractivity contribution in [2.24, 2.45) is 7.05 Å². The van der Waals surface area contributed by atoms with Gasteiger partial charge in [-0.2, -0.15) is 0 Å². The number of rotatable bonds is 2. The van der Waals surface area contributed by atoms with Crippen LogP contribution in [0.25, 0.3) is 10.9 Å². The van der Waals surface area contributed by atoms with Crippen LogP contribution < -0.4 is 10.4 Å². The van der Waals surface area contributed by atoms with Gasteiger partial charge in [0.25, 0.3) is 0 Å². The molecule has 1 nitrogen and oxygen atoms in total. The van der Waals surface area contributed by atoms with Gasteiger partial charge in [-0.3, -0.25) is 0 Å². The van der Waals surface area contributed by atoms with Crippen LogP contribution in [0.4, 0.5) is 0 Å². The van der Waals surface area contributed by atoms with Crippen molar-refractivity contribution in [3.8, 4) is 0 Å². The fourth-order valence-corrected chi connectivity index (χ4v) is 5.74. The average Bonchev–Trinajstić information content (AvgIpc) is 2.77. The van der Waals surface area contributed by atoms with Gasteiger partial charge in [0.05, 0.1) is 0 Å². The minimum Gasteiger partial charge on any atom is -0.351 e. The molecule has 0 spiro atoms. The molecule has 0 bridgehead atoms. The topological polar surface area (TPSA) is 4.93 Å². The van der Waals surface area contributed by atoms with Crippen LogP contribution in [0.5, 0.6) is 0 Å². The van der Waals surface area contributed by atoms with Gasteiger partial charge >= 0.3 is 0 Å². The van der Waals surface area contributed by atoms with E-state index in [9.17, 15) is 0 Å². The summed E-state index contributed by atoms with van der Waals surface area (Å²) in [5.74, 6) is 0. The van der Waals surface area contributed by atoms with Gasteiger partial charge in [-0.25, -0.2) is 0 Å². The van der Waals surface area contributed by atoms with E-state index in [1.54, 1.807) is 0 Å². The van der Waals surface area contributed by atoms with Crippen molar-refractivity contribution in [1.29, 1.82) is 0 Å². The van der Waals surface area contributed by atoms with Crippen LogP contribution in [0.2, 0.25) is 13.1 Å². The van der Waals surface area contributed by atoms with E-state index in [1.807, 2.05) is 0 Å². The maximum absolute atomic E-state index is 2.44. The number of benzene rings is 2. The number of hydrogen-bond acceptors (Lipinski definition) is 0. The average molecular weight is 279 g/mol. The zero-order chi connectivity index (χ0) is 14.3. The SMILES string of the molecule is Cc1ccc2c(c1)c([Si](C)(C)c1ccccc1)cn2C. The van der Waals surface area contributed by atoms with Crippen LogP contribution in [-0.2, 0) is 7.05 Å². The normalized spacial score (nSPS) is 12.0. The van der Waals surface area contributed by atoms with Crippen molar-refractivity contribution < 1.29 is 0 Å². The quantitative estimate of drug-likeness (QED) is 0.634. The van der Waals surface area contributed by atoms with Crippen molar-refractivity contribution in [1.82, 2.24) is 4.57 Å². The van der Waals surface area contributed by atoms with Crippen LogP contribution in [0, 0.1) is 6.92 Å². The maximum atomic E-state index is 2.44. The molecule has 0 aliphatic rings. The molecule has 0 saturated heterocycles. The molecule has 1 aromatic heterocycles. The lowest BCUT2D eigenvalue weighted by atomic mass is 10.2. The lowest BCUT2D eigenvalue weighted by Crippen LogP contribution is -2.52. The largest absolute Gasteiger partial charge is 0.351 e. The number of nitrogens with zero attached hydrogens (tertiary/aromatic N) is 1. The second-order valence-electron chi connectivity index (χ2n) is 6.17. The Morgan fingerprint density at radius 3 is 2.35 bits per heavy atom. The summed E-state index contributed by atoms with van der Waals surface area (Å²) in [5.41, 5.74) is 2.67. The van der Waals surface area contributed by atoms with Crippen molar-refractivity contribution in [2.75, 3.05) is 0 Å². The number of aryl methyl sites for hydroxylation is 2. The third kappa shape index (κ3) is 2.00. The second kappa shape index (κ2) is 4.64. The van der Waals surface area contributed by atoms with Gasteiger partial charge in [-0.05, 0) is 29.6 Å². The summed E-state index contributed by atoms with van der Waals surface area (Å²) in [6, 6.07) is 17.7. The Balaban J connectivity index is 2.26. The molecule has 2 aromatic carbocycles. The Labute approximate surface area is 121 Å². The minimum atomic E-state index is -1.64. The molecular formula is C18H21NSi. The van der Waals surface area contributed by atoms with Crippen LogP contribution in [-0.4, -0.2) is 12.6 Å². The van der Waals surface area contributed by atoms with Crippen LogP contribution in [0.3, 0.4) is 0 Å². The molecule has 0 unspecified atom stereocenters. The van der Waals surface area contributed by atoms with E-state index >= 15 is 0 Å². The molecule has 3 rings (SSSR count). The summed E-state index contributed by atoms with van der Waals surface area (Å²) in [4.78, 5) is 0. The molecule has 0 amide bonds. The van der Waals surface area contributed by atoms with Gasteiger partial charge in [-0.1, -0.05) is 60.2 Å². The lowest BCUT2D eigenvalue weighted by molar-refractivity contribution is 0.971. The minimum absolute atomic E-state index is 1.34. The van der Waals surface area contributed by atoms with Crippen LogP contribution in [0.15, 0.2) is 54.7 Å². The lowest BCUT2D eigenvalue weighted by Gasteiger charge is -2.22. The maximum Gasteiger partial charge on any atom is 0.115 e. The Morgan fingerprint density at radius 1 is 0.950 bits per heavy atom. The summed E-state index contributed by atoms with van der Waals surface area (Å²) in [6.07, 6.45) is 2.34. The monoisotopic (exact) mass is 279 g/mol. The summed E-state index contributed by atoms with van der Waals surface area (Å²) >= 11 is 0. The smallest absolute Gasteiger partial charge is 0.115 e. The second-order valence-corrected chi connectivity index (χ2v) is 10.5. The van der Waals surface area contributed by atoms with Gasteiger partial charge in [0.2, 0.25) is 0 Å². The zero-order valence-corrected chi connectivity index (χ0v) is 13.6. The highest BCUT2D eigenvalue weighted by Gasteiger charge is 2.29. The molecule has 102 valence electrons. The molecule has 2 heteroatoms. The standard InChI is InChI=1S/C18H21NSi/c1-14-10-11-17-16(12-14)18(13-19(17)2)20(3,4)15-8-6-5-7-9-15/h5-13H,1-4H3. The van der Waals surface area contributed by atoms with Gasteiger partial charge in [0, 0.05) is 18.8 Å². The van der Waals surface area contributed by atoms with Crippen LogP contribution >= 0.6 is 0 Å². The fraction of sp³-hybridized carbons (Fsp3) is 0.222. The highest BCUT2D eigenvalue weighted by atomic mass is 28.3. The predicted molar refractivity (Wildman–Crippen MR) is 90.8 cm³/mol. The van der Waals surface area contributed by atoms with E-state index in [-0.39, 0.29) is 0 Å². The fourth-order valence-electron chi connectivity index (χ4n) is 3.01. The van der Waals surface area contributed by atoms with Crippen molar-refractivity contribution in [2.45, 2.75) is 20.0 Å². The molecule has 0 radical (unpaired) electrons. The van der Waals surface area contributed by atoms with E-state index in [0.717, 1.165) is 0 Å². The molecule has 0 aliphatic heterocycles. The first-order valence-electron chi connectivity index (χ1n) is 7.12. The number of fused-ring (bicyclic) bond motifs is 1. The Hall–Kier alpha value is -1.80. The zero-order valence-electron chi connectivity index (χ0n) is 12.6. The van der Waals surface area contributed by atoms with Gasteiger partial charge < -0.3 is 4.57 Å². The molecule has 0 atom stereocenters. The first-order chi connectivity index (χ1) is 9.50. The van der Waals surface area contributed by atoms with E-state index in [1.165, 1.54) is 26.8 Å². The third-order valence-electron chi connectivity index (χ3n) is 4.31. The predicted octanol–water partition coefficient (Wildman–Crippen LogP) is 3.31. The number of hydrogen-bond donors (Lipinski definition) is 0. The first kappa shape index (κ1) is 13.2. The summed E-state index contributed by atoms with van der Waals surface area (Å²) in [5, 5.41) is 4.45. The Morgan fingerprint density at radius 2 is 1.65 bits per heavy atom. The van der Waals surface area contributed by atoms with E-state index in [0.29, 0.717) is 0 Å². The molecule has 0 aliphatic carbocycles. The first-order valence-corrected chi connectivity index (χ1v) is 10.1. The Bertz CT molecular complexity index is 754. The summed E-state index contributed by atoms with van der Waals surface area (Å²) < 4.78 is 2.27. The summed E-state index contributed by atoms with van der Waals surface area (Å²) in [6.45, 7) is 7.06. The number of aromatic nitrogens is 1. The van der Waals surface area contributed by atoms with Gasteiger partial charge in [0.1, 0.15) is 8.07 Å². The molecule has 1 heterocycles.